The fraction of sp³-hybridized carbons (Fsp3) is 0.200. The van der Waals surface area contributed by atoms with Gasteiger partial charge < -0.3 is 24.3 Å². The summed E-state index contributed by atoms with van der Waals surface area (Å²) >= 11 is 6.49. The van der Waals surface area contributed by atoms with Crippen molar-refractivity contribution in [2.24, 2.45) is 0 Å². The Labute approximate surface area is 206 Å². The van der Waals surface area contributed by atoms with Crippen LogP contribution >= 0.6 is 11.6 Å². The van der Waals surface area contributed by atoms with Crippen LogP contribution in [0.5, 0.6) is 17.2 Å². The molecule has 1 aliphatic carbocycles. The lowest BCUT2D eigenvalue weighted by molar-refractivity contribution is -0.113. The fourth-order valence-corrected chi connectivity index (χ4v) is 3.83. The maximum atomic E-state index is 12.5. The van der Waals surface area contributed by atoms with E-state index in [-0.39, 0.29) is 22.2 Å². The standard InChI is InChI=1S/C25H22ClN3O6/c1-32-6-7-35-22-12-19-18(11-21(22)33-2)25(28-13-27-19)29-14-8-17(24(26)23(9-14)34-3)16-10-15(30)4-5-20(16)31/h4-5,8-13H,6-7H2,1-3H3,(H,27,28,29). The smallest absolute Gasteiger partial charge is 0.186 e. The Morgan fingerprint density at radius 1 is 0.914 bits per heavy atom. The molecule has 0 saturated carbocycles. The van der Waals surface area contributed by atoms with Crippen LogP contribution in [0.3, 0.4) is 0 Å². The maximum Gasteiger partial charge on any atom is 0.186 e. The summed E-state index contributed by atoms with van der Waals surface area (Å²) in [4.78, 5) is 33.1. The topological polar surface area (TPSA) is 109 Å². The molecule has 1 aliphatic rings. The summed E-state index contributed by atoms with van der Waals surface area (Å²) in [7, 11) is 4.60. The van der Waals surface area contributed by atoms with Gasteiger partial charge in [-0.05, 0) is 30.4 Å². The van der Waals surface area contributed by atoms with Crippen LogP contribution in [0.2, 0.25) is 5.02 Å². The third kappa shape index (κ3) is 5.11. The Balaban J connectivity index is 1.76. The van der Waals surface area contributed by atoms with E-state index in [0.717, 1.165) is 0 Å². The van der Waals surface area contributed by atoms with E-state index in [1.54, 1.807) is 38.5 Å². The molecular formula is C25H22ClN3O6. The first-order valence-corrected chi connectivity index (χ1v) is 10.9. The summed E-state index contributed by atoms with van der Waals surface area (Å²) in [5, 5.41) is 4.12. The molecule has 180 valence electrons. The second kappa shape index (κ2) is 10.5. The van der Waals surface area contributed by atoms with E-state index >= 15 is 0 Å². The van der Waals surface area contributed by atoms with Crippen molar-refractivity contribution in [1.82, 2.24) is 9.97 Å². The minimum absolute atomic E-state index is 0.177. The lowest BCUT2D eigenvalue weighted by Gasteiger charge is -2.16. The normalized spacial score (nSPS) is 13.1. The number of fused-ring (bicyclic) bond motifs is 1. The highest BCUT2D eigenvalue weighted by Crippen LogP contribution is 2.39. The quantitative estimate of drug-likeness (QED) is 0.345. The maximum absolute atomic E-state index is 12.5. The van der Waals surface area contributed by atoms with Gasteiger partial charge in [-0.2, -0.15) is 0 Å². The van der Waals surface area contributed by atoms with E-state index in [9.17, 15) is 9.59 Å². The average Bonchev–Trinajstić information content (AvgIpc) is 2.86. The number of methoxy groups -OCH3 is 3. The van der Waals surface area contributed by atoms with Crippen LogP contribution in [0, 0.1) is 0 Å². The highest BCUT2D eigenvalue weighted by molar-refractivity contribution is 6.40. The number of anilines is 2. The molecule has 3 aromatic rings. The molecule has 0 atom stereocenters. The number of hydrogen-bond acceptors (Lipinski definition) is 9. The third-order valence-corrected chi connectivity index (χ3v) is 5.62. The van der Waals surface area contributed by atoms with Gasteiger partial charge in [0.2, 0.25) is 0 Å². The Kier molecular flexibility index (Phi) is 7.28. The summed E-state index contributed by atoms with van der Waals surface area (Å²) in [6.45, 7) is 0.785. The number of nitrogens with zero attached hydrogens (tertiary/aromatic N) is 2. The molecule has 0 saturated heterocycles. The molecule has 0 spiro atoms. The zero-order chi connectivity index (χ0) is 24.9. The fourth-order valence-electron chi connectivity index (χ4n) is 3.54. The number of rotatable bonds is 9. The molecule has 4 rings (SSSR count). The molecule has 2 aromatic carbocycles. The van der Waals surface area contributed by atoms with E-state index in [4.69, 9.17) is 30.5 Å². The first kappa shape index (κ1) is 24.2. The third-order valence-electron chi connectivity index (χ3n) is 5.23. The SMILES string of the molecule is COCCOc1cc2ncnc(Nc3cc(OC)c(Cl)c(C4=CC(=O)C=CC4=O)c3)c2cc1OC. The monoisotopic (exact) mass is 495 g/mol. The number of hydrogen-bond donors (Lipinski definition) is 1. The zero-order valence-corrected chi connectivity index (χ0v) is 20.0. The van der Waals surface area contributed by atoms with Gasteiger partial charge >= 0.3 is 0 Å². The van der Waals surface area contributed by atoms with E-state index in [2.05, 4.69) is 15.3 Å². The first-order chi connectivity index (χ1) is 16.9. The Bertz CT molecular complexity index is 1370. The van der Waals surface area contributed by atoms with Crippen molar-refractivity contribution in [2.75, 3.05) is 39.9 Å². The van der Waals surface area contributed by atoms with Gasteiger partial charge in [-0.15, -0.1) is 0 Å². The van der Waals surface area contributed by atoms with E-state index in [1.165, 1.54) is 31.7 Å². The van der Waals surface area contributed by atoms with Gasteiger partial charge in [0.05, 0.1) is 31.4 Å². The van der Waals surface area contributed by atoms with Crippen LogP contribution in [0.4, 0.5) is 11.5 Å². The van der Waals surface area contributed by atoms with Crippen molar-refractivity contribution in [2.45, 2.75) is 0 Å². The van der Waals surface area contributed by atoms with Gasteiger partial charge in [-0.25, -0.2) is 9.97 Å². The van der Waals surface area contributed by atoms with Crippen molar-refractivity contribution in [3.8, 4) is 17.2 Å². The van der Waals surface area contributed by atoms with Crippen LogP contribution in [-0.2, 0) is 14.3 Å². The predicted octanol–water partition coefficient (Wildman–Crippen LogP) is 4.16. The average molecular weight is 496 g/mol. The molecule has 1 heterocycles. The van der Waals surface area contributed by atoms with Gasteiger partial charge in [0.25, 0.3) is 0 Å². The Morgan fingerprint density at radius 2 is 1.71 bits per heavy atom. The second-order valence-electron chi connectivity index (χ2n) is 7.41. The van der Waals surface area contributed by atoms with Crippen LogP contribution < -0.4 is 19.5 Å². The highest BCUT2D eigenvalue weighted by Gasteiger charge is 2.21. The van der Waals surface area contributed by atoms with Crippen LogP contribution in [-0.4, -0.2) is 56.1 Å². The number of allylic oxidation sites excluding steroid dienone is 4. The van der Waals surface area contributed by atoms with Crippen molar-refractivity contribution in [3.05, 3.63) is 59.4 Å². The Morgan fingerprint density at radius 3 is 2.46 bits per heavy atom. The molecule has 35 heavy (non-hydrogen) atoms. The predicted molar refractivity (Wildman–Crippen MR) is 132 cm³/mol. The highest BCUT2D eigenvalue weighted by atomic mass is 35.5. The molecule has 0 unspecified atom stereocenters. The summed E-state index contributed by atoms with van der Waals surface area (Å²) < 4.78 is 21.7. The lowest BCUT2D eigenvalue weighted by Crippen LogP contribution is -2.08. The van der Waals surface area contributed by atoms with Gasteiger partial charge in [-0.3, -0.25) is 9.59 Å². The number of ether oxygens (including phenoxy) is 4. The summed E-state index contributed by atoms with van der Waals surface area (Å²) in [5.41, 5.74) is 1.70. The number of benzene rings is 2. The Hall–Kier alpha value is -3.95. The minimum atomic E-state index is -0.330. The number of aromatic nitrogens is 2. The van der Waals surface area contributed by atoms with Crippen molar-refractivity contribution in [1.29, 1.82) is 0 Å². The molecule has 0 fully saturated rings. The molecule has 10 heteroatoms. The van der Waals surface area contributed by atoms with Crippen molar-refractivity contribution >= 4 is 51.1 Å². The van der Waals surface area contributed by atoms with Gasteiger partial charge in [-0.1, -0.05) is 11.6 Å². The van der Waals surface area contributed by atoms with Gasteiger partial charge in [0.15, 0.2) is 23.1 Å². The zero-order valence-electron chi connectivity index (χ0n) is 19.3. The molecule has 0 amide bonds. The van der Waals surface area contributed by atoms with E-state index < -0.39 is 0 Å². The second-order valence-corrected chi connectivity index (χ2v) is 7.78. The van der Waals surface area contributed by atoms with E-state index in [1.807, 2.05) is 0 Å². The molecule has 0 bridgehead atoms. The van der Waals surface area contributed by atoms with Crippen LogP contribution in [0.15, 0.2) is 48.8 Å². The lowest BCUT2D eigenvalue weighted by atomic mass is 9.95. The molecule has 9 nitrogen and oxygen atoms in total. The largest absolute Gasteiger partial charge is 0.495 e. The number of nitrogens with one attached hydrogen (secondary N) is 1. The van der Waals surface area contributed by atoms with Crippen LogP contribution in [0.1, 0.15) is 5.56 Å². The van der Waals surface area contributed by atoms with Crippen molar-refractivity contribution < 1.29 is 28.5 Å². The van der Waals surface area contributed by atoms with E-state index in [0.29, 0.717) is 58.4 Å². The number of carbonyl (C=O) groups is 2. The molecule has 1 N–H and O–H groups in total. The van der Waals surface area contributed by atoms with Crippen LogP contribution in [0.25, 0.3) is 16.5 Å². The van der Waals surface area contributed by atoms with Gasteiger partial charge in [0.1, 0.15) is 24.5 Å². The summed E-state index contributed by atoms with van der Waals surface area (Å²) in [6.07, 6.45) is 5.10. The van der Waals surface area contributed by atoms with Gasteiger partial charge in [0, 0.05) is 41.5 Å². The summed E-state index contributed by atoms with van der Waals surface area (Å²) in [6, 6.07) is 6.86. The summed E-state index contributed by atoms with van der Waals surface area (Å²) in [5.74, 6) is 1.20. The number of carbonyl (C=O) groups excluding carboxylic acids is 2. The minimum Gasteiger partial charge on any atom is -0.495 e. The molecular weight excluding hydrogens is 474 g/mol. The molecule has 0 aliphatic heterocycles. The van der Waals surface area contributed by atoms with Crippen molar-refractivity contribution in [3.63, 3.8) is 0 Å². The number of halogens is 1. The first-order valence-electron chi connectivity index (χ1n) is 10.5. The molecule has 0 radical (unpaired) electrons. The molecule has 1 aromatic heterocycles. The number of ketones is 2.